The molecule has 0 fully saturated rings. The predicted molar refractivity (Wildman–Crippen MR) is 79.6 cm³/mol. The minimum absolute atomic E-state index is 0.440. The first-order valence-corrected chi connectivity index (χ1v) is 7.67. The Morgan fingerprint density at radius 3 is 2.79 bits per heavy atom. The molecular weight excluding hydrogens is 328 g/mol. The summed E-state index contributed by atoms with van der Waals surface area (Å²) in [6.45, 7) is 2.38. The molecule has 0 aliphatic heterocycles. The summed E-state index contributed by atoms with van der Waals surface area (Å²) in [6, 6.07) is 11.0. The zero-order valence-electron chi connectivity index (χ0n) is 10.3. The van der Waals surface area contributed by atoms with Gasteiger partial charge >= 0.3 is 0 Å². The van der Waals surface area contributed by atoms with Crippen LogP contribution in [0.25, 0.3) is 0 Å². The van der Waals surface area contributed by atoms with Crippen LogP contribution >= 0.6 is 15.9 Å². The second kappa shape index (κ2) is 6.68. The number of anilines is 1. The van der Waals surface area contributed by atoms with Crippen LogP contribution in [0.1, 0.15) is 6.92 Å². The first-order valence-electron chi connectivity index (χ1n) is 5.72. The van der Waals surface area contributed by atoms with Gasteiger partial charge in [-0.15, -0.1) is 0 Å². The molecule has 0 bridgehead atoms. The molecule has 19 heavy (non-hydrogen) atoms. The highest BCUT2D eigenvalue weighted by Gasteiger charge is 2.10. The molecule has 2 aromatic rings. The molecule has 1 heterocycles. The fourth-order valence-corrected chi connectivity index (χ4v) is 2.65. The van der Waals surface area contributed by atoms with E-state index >= 15 is 0 Å². The third kappa shape index (κ3) is 3.78. The maximum absolute atomic E-state index is 12.2. The van der Waals surface area contributed by atoms with Gasteiger partial charge in [0.05, 0.1) is 11.5 Å². The first-order chi connectivity index (χ1) is 9.20. The lowest BCUT2D eigenvalue weighted by atomic mass is 10.4. The topological polar surface area (TPSA) is 51.2 Å². The summed E-state index contributed by atoms with van der Waals surface area (Å²) in [5, 5.41) is 0. The number of hydrogen-bond donors (Lipinski definition) is 1. The van der Waals surface area contributed by atoms with Gasteiger partial charge in [0.2, 0.25) is 5.88 Å². The number of rotatable bonds is 5. The molecule has 1 aromatic carbocycles. The highest BCUT2D eigenvalue weighted by molar-refractivity contribution is 9.10. The Morgan fingerprint density at radius 1 is 1.37 bits per heavy atom. The molecule has 0 radical (unpaired) electrons. The summed E-state index contributed by atoms with van der Waals surface area (Å²) in [7, 11) is -1.35. The Kier molecular flexibility index (Phi) is 4.93. The number of hydrogen-bond acceptors (Lipinski definition) is 3. The Bertz CT molecular complexity index is 578. The standard InChI is InChI=1S/C13H13BrN2O2S/c1-2-18-13-12(8-10(14)9-15-13)16-19(17)11-6-4-3-5-7-11/h3-9,16H,2H2,1H3. The normalized spacial score (nSPS) is 11.9. The van der Waals surface area contributed by atoms with Crippen LogP contribution in [0, 0.1) is 0 Å². The number of halogens is 1. The van der Waals surface area contributed by atoms with Crippen LogP contribution in [0.2, 0.25) is 0 Å². The fourth-order valence-electron chi connectivity index (χ4n) is 1.45. The van der Waals surface area contributed by atoms with Gasteiger partial charge in [0.15, 0.2) is 0 Å². The number of aromatic nitrogens is 1. The third-order valence-electron chi connectivity index (χ3n) is 2.26. The van der Waals surface area contributed by atoms with E-state index in [-0.39, 0.29) is 0 Å². The minimum Gasteiger partial charge on any atom is -0.476 e. The zero-order valence-corrected chi connectivity index (χ0v) is 12.7. The molecule has 0 amide bonds. The molecule has 0 saturated carbocycles. The molecule has 1 unspecified atom stereocenters. The summed E-state index contributed by atoms with van der Waals surface area (Å²) >= 11 is 3.34. The quantitative estimate of drug-likeness (QED) is 0.907. The van der Waals surface area contributed by atoms with Crippen LogP contribution in [-0.2, 0) is 11.0 Å². The van der Waals surface area contributed by atoms with Crippen molar-refractivity contribution in [3.63, 3.8) is 0 Å². The van der Waals surface area contributed by atoms with E-state index < -0.39 is 11.0 Å². The van der Waals surface area contributed by atoms with Crippen molar-refractivity contribution in [2.24, 2.45) is 0 Å². The van der Waals surface area contributed by atoms with E-state index in [1.165, 1.54) is 0 Å². The maximum Gasteiger partial charge on any atom is 0.238 e. The van der Waals surface area contributed by atoms with Crippen molar-refractivity contribution in [3.05, 3.63) is 47.1 Å². The summed E-state index contributed by atoms with van der Waals surface area (Å²) in [6.07, 6.45) is 1.64. The Balaban J connectivity index is 2.23. The van der Waals surface area contributed by atoms with Crippen LogP contribution in [0.15, 0.2) is 52.0 Å². The maximum atomic E-state index is 12.2. The molecule has 0 aliphatic carbocycles. The van der Waals surface area contributed by atoms with E-state index in [4.69, 9.17) is 4.74 Å². The van der Waals surface area contributed by atoms with E-state index in [0.29, 0.717) is 23.1 Å². The molecule has 100 valence electrons. The number of benzene rings is 1. The molecule has 2 rings (SSSR count). The summed E-state index contributed by atoms with van der Waals surface area (Å²) < 4.78 is 21.3. The largest absolute Gasteiger partial charge is 0.476 e. The van der Waals surface area contributed by atoms with Gasteiger partial charge in [0.25, 0.3) is 0 Å². The van der Waals surface area contributed by atoms with E-state index in [1.807, 2.05) is 25.1 Å². The Labute approximate surface area is 122 Å². The van der Waals surface area contributed by atoms with E-state index in [0.717, 1.165) is 4.47 Å². The van der Waals surface area contributed by atoms with Crippen molar-refractivity contribution in [2.45, 2.75) is 11.8 Å². The van der Waals surface area contributed by atoms with Gasteiger partial charge in [0, 0.05) is 10.7 Å². The molecule has 1 N–H and O–H groups in total. The molecule has 1 aromatic heterocycles. The van der Waals surface area contributed by atoms with Crippen molar-refractivity contribution in [2.75, 3.05) is 11.3 Å². The van der Waals surface area contributed by atoms with Gasteiger partial charge in [-0.1, -0.05) is 18.2 Å². The van der Waals surface area contributed by atoms with Gasteiger partial charge in [-0.3, -0.25) is 4.72 Å². The van der Waals surface area contributed by atoms with E-state index in [9.17, 15) is 4.21 Å². The van der Waals surface area contributed by atoms with Crippen LogP contribution in [0.3, 0.4) is 0 Å². The average molecular weight is 341 g/mol. The Morgan fingerprint density at radius 2 is 2.11 bits per heavy atom. The molecule has 0 spiro atoms. The lowest BCUT2D eigenvalue weighted by molar-refractivity contribution is 0.329. The molecule has 1 atom stereocenters. The number of pyridine rings is 1. The smallest absolute Gasteiger partial charge is 0.238 e. The zero-order chi connectivity index (χ0) is 13.7. The van der Waals surface area contributed by atoms with E-state index in [2.05, 4.69) is 25.6 Å². The van der Waals surface area contributed by atoms with Gasteiger partial charge in [-0.05, 0) is 41.1 Å². The van der Waals surface area contributed by atoms with Crippen LogP contribution < -0.4 is 9.46 Å². The van der Waals surface area contributed by atoms with Crippen molar-refractivity contribution in [1.29, 1.82) is 0 Å². The number of nitrogens with zero attached hydrogens (tertiary/aromatic N) is 1. The van der Waals surface area contributed by atoms with Gasteiger partial charge < -0.3 is 4.74 Å². The third-order valence-corrected chi connectivity index (χ3v) is 3.80. The highest BCUT2D eigenvalue weighted by atomic mass is 79.9. The first kappa shape index (κ1) is 14.0. The van der Waals surface area contributed by atoms with Gasteiger partial charge in [-0.2, -0.15) is 0 Å². The molecule has 0 aliphatic rings. The molecule has 6 heteroatoms. The van der Waals surface area contributed by atoms with E-state index in [1.54, 1.807) is 24.4 Å². The van der Waals surface area contributed by atoms with Crippen molar-refractivity contribution >= 4 is 32.6 Å². The van der Waals surface area contributed by atoms with Crippen molar-refractivity contribution < 1.29 is 8.95 Å². The number of ether oxygens (including phenoxy) is 1. The predicted octanol–water partition coefficient (Wildman–Crippen LogP) is 3.38. The monoisotopic (exact) mass is 340 g/mol. The summed E-state index contributed by atoms with van der Waals surface area (Å²) in [4.78, 5) is 4.85. The highest BCUT2D eigenvalue weighted by Crippen LogP contribution is 2.26. The molecule has 0 saturated heterocycles. The Hall–Kier alpha value is -1.40. The lowest BCUT2D eigenvalue weighted by Crippen LogP contribution is -2.07. The van der Waals surface area contributed by atoms with Crippen molar-refractivity contribution in [1.82, 2.24) is 4.98 Å². The molecular formula is C13H13BrN2O2S. The number of nitrogens with one attached hydrogen (secondary N) is 1. The SMILES string of the molecule is CCOc1ncc(Br)cc1NS(=O)c1ccccc1. The van der Waals surface area contributed by atoms with Crippen molar-refractivity contribution in [3.8, 4) is 5.88 Å². The second-order valence-corrected chi connectivity index (χ2v) is 5.75. The lowest BCUT2D eigenvalue weighted by Gasteiger charge is -2.11. The minimum atomic E-state index is -1.35. The fraction of sp³-hybridized carbons (Fsp3) is 0.154. The van der Waals surface area contributed by atoms with Crippen LogP contribution in [-0.4, -0.2) is 15.8 Å². The van der Waals surface area contributed by atoms with Crippen LogP contribution in [0.4, 0.5) is 5.69 Å². The summed E-state index contributed by atoms with van der Waals surface area (Å²) in [5.74, 6) is 0.440. The van der Waals surface area contributed by atoms with Gasteiger partial charge in [-0.25, -0.2) is 9.19 Å². The summed E-state index contributed by atoms with van der Waals surface area (Å²) in [5.41, 5.74) is 0.596. The molecule has 4 nitrogen and oxygen atoms in total. The van der Waals surface area contributed by atoms with Gasteiger partial charge in [0.1, 0.15) is 16.7 Å². The van der Waals surface area contributed by atoms with Crippen LogP contribution in [0.5, 0.6) is 5.88 Å². The second-order valence-electron chi connectivity index (χ2n) is 3.62. The average Bonchev–Trinajstić information content (AvgIpc) is 2.43.